The van der Waals surface area contributed by atoms with E-state index in [0.717, 1.165) is 23.7 Å². The molecule has 88 valence electrons. The van der Waals surface area contributed by atoms with Gasteiger partial charge in [-0.25, -0.2) is 0 Å². The van der Waals surface area contributed by atoms with E-state index in [2.05, 4.69) is 52.4 Å². The van der Waals surface area contributed by atoms with Gasteiger partial charge in [-0.05, 0) is 43.9 Å². The molecule has 1 fully saturated rings. The monoisotopic (exact) mass is 283 g/mol. The molecule has 1 atom stereocenters. The Bertz CT molecular complexity index is 332. The molecule has 16 heavy (non-hydrogen) atoms. The summed E-state index contributed by atoms with van der Waals surface area (Å²) < 4.78 is 1.12. The third-order valence-electron chi connectivity index (χ3n) is 3.09. The second kappa shape index (κ2) is 5.30. The fourth-order valence-electron chi connectivity index (χ4n) is 2.16. The molecule has 1 saturated carbocycles. The number of aliphatic hydroxyl groups is 1. The van der Waals surface area contributed by atoms with Crippen molar-refractivity contribution in [2.75, 3.05) is 0 Å². The van der Waals surface area contributed by atoms with Crippen molar-refractivity contribution < 1.29 is 5.11 Å². The maximum absolute atomic E-state index is 9.21. The van der Waals surface area contributed by atoms with E-state index in [-0.39, 0.29) is 6.10 Å². The minimum absolute atomic E-state index is 0.0719. The second-order valence-electron chi connectivity index (χ2n) is 4.72. The number of benzene rings is 1. The molecule has 1 aliphatic carbocycles. The quantitative estimate of drug-likeness (QED) is 0.890. The summed E-state index contributed by atoms with van der Waals surface area (Å²) in [6, 6.07) is 9.44. The van der Waals surface area contributed by atoms with Crippen LogP contribution in [0, 0.1) is 0 Å². The van der Waals surface area contributed by atoms with E-state index in [1.165, 1.54) is 5.56 Å². The summed E-state index contributed by atoms with van der Waals surface area (Å²) in [5.41, 5.74) is 1.35. The molecule has 1 unspecified atom stereocenters. The van der Waals surface area contributed by atoms with Crippen molar-refractivity contribution in [3.05, 3.63) is 34.3 Å². The highest BCUT2D eigenvalue weighted by Crippen LogP contribution is 2.20. The molecule has 0 bridgehead atoms. The largest absolute Gasteiger partial charge is 0.393 e. The minimum Gasteiger partial charge on any atom is -0.393 e. The van der Waals surface area contributed by atoms with Gasteiger partial charge >= 0.3 is 0 Å². The van der Waals surface area contributed by atoms with Gasteiger partial charge in [0.1, 0.15) is 0 Å². The molecule has 0 amide bonds. The normalized spacial score (nSPS) is 26.2. The van der Waals surface area contributed by atoms with Crippen molar-refractivity contribution >= 4 is 15.9 Å². The van der Waals surface area contributed by atoms with Crippen molar-refractivity contribution in [1.29, 1.82) is 0 Å². The third kappa shape index (κ3) is 3.30. The van der Waals surface area contributed by atoms with E-state index in [4.69, 9.17) is 0 Å². The van der Waals surface area contributed by atoms with Crippen molar-refractivity contribution in [3.8, 4) is 0 Å². The molecule has 1 aromatic carbocycles. The van der Waals surface area contributed by atoms with Gasteiger partial charge in [0.25, 0.3) is 0 Å². The lowest BCUT2D eigenvalue weighted by Gasteiger charge is -2.34. The SMILES string of the molecule is CC(Cc1ccc(Br)cc1)NC1CC(O)C1. The molecule has 0 aromatic heterocycles. The lowest BCUT2D eigenvalue weighted by molar-refractivity contribution is 0.0586. The first-order chi connectivity index (χ1) is 7.63. The van der Waals surface area contributed by atoms with Gasteiger partial charge in [0, 0.05) is 16.6 Å². The first-order valence-corrected chi connectivity index (χ1v) is 6.61. The molecule has 3 heteroatoms. The Balaban J connectivity index is 1.78. The van der Waals surface area contributed by atoms with Crippen LogP contribution in [0.1, 0.15) is 25.3 Å². The highest BCUT2D eigenvalue weighted by Gasteiger charge is 2.27. The van der Waals surface area contributed by atoms with Crippen LogP contribution in [0.25, 0.3) is 0 Å². The summed E-state index contributed by atoms with van der Waals surface area (Å²) in [5.74, 6) is 0. The maximum Gasteiger partial charge on any atom is 0.0570 e. The van der Waals surface area contributed by atoms with Crippen LogP contribution in [-0.2, 0) is 6.42 Å². The van der Waals surface area contributed by atoms with E-state index in [0.29, 0.717) is 12.1 Å². The molecule has 2 N–H and O–H groups in total. The summed E-state index contributed by atoms with van der Waals surface area (Å²) in [6.45, 7) is 2.20. The average molecular weight is 284 g/mol. The van der Waals surface area contributed by atoms with E-state index in [1.807, 2.05) is 0 Å². The molecule has 1 aliphatic rings. The molecule has 0 spiro atoms. The van der Waals surface area contributed by atoms with Crippen LogP contribution in [0.5, 0.6) is 0 Å². The van der Waals surface area contributed by atoms with Crippen LogP contribution in [0.3, 0.4) is 0 Å². The highest BCUT2D eigenvalue weighted by atomic mass is 79.9. The first kappa shape index (κ1) is 12.1. The van der Waals surface area contributed by atoms with Gasteiger partial charge in [0.15, 0.2) is 0 Å². The van der Waals surface area contributed by atoms with Crippen LogP contribution in [0.2, 0.25) is 0 Å². The van der Waals surface area contributed by atoms with Crippen molar-refractivity contribution in [3.63, 3.8) is 0 Å². The standard InChI is InChI=1S/C13H18BrNO/c1-9(15-12-7-13(16)8-12)6-10-2-4-11(14)5-3-10/h2-5,9,12-13,15-16H,6-8H2,1H3. The number of hydrogen-bond donors (Lipinski definition) is 2. The Hall–Kier alpha value is -0.380. The van der Waals surface area contributed by atoms with E-state index >= 15 is 0 Å². The van der Waals surface area contributed by atoms with Gasteiger partial charge in [0.2, 0.25) is 0 Å². The Kier molecular flexibility index (Phi) is 4.00. The van der Waals surface area contributed by atoms with Crippen LogP contribution in [0.4, 0.5) is 0 Å². The van der Waals surface area contributed by atoms with E-state index in [9.17, 15) is 5.11 Å². The summed E-state index contributed by atoms with van der Waals surface area (Å²) >= 11 is 3.44. The van der Waals surface area contributed by atoms with Crippen LogP contribution in [0.15, 0.2) is 28.7 Å². The zero-order chi connectivity index (χ0) is 11.5. The van der Waals surface area contributed by atoms with Gasteiger partial charge in [-0.1, -0.05) is 28.1 Å². The smallest absolute Gasteiger partial charge is 0.0570 e. The molecule has 1 aromatic rings. The summed E-state index contributed by atoms with van der Waals surface area (Å²) in [6.07, 6.45) is 2.78. The molecular weight excluding hydrogens is 266 g/mol. The van der Waals surface area contributed by atoms with Crippen LogP contribution >= 0.6 is 15.9 Å². The number of nitrogens with one attached hydrogen (secondary N) is 1. The maximum atomic E-state index is 9.21. The van der Waals surface area contributed by atoms with E-state index in [1.54, 1.807) is 0 Å². The number of hydrogen-bond acceptors (Lipinski definition) is 2. The van der Waals surface area contributed by atoms with Gasteiger partial charge in [0.05, 0.1) is 6.10 Å². The molecule has 0 saturated heterocycles. The van der Waals surface area contributed by atoms with Gasteiger partial charge in [-0.15, -0.1) is 0 Å². The molecule has 2 rings (SSSR count). The van der Waals surface area contributed by atoms with Gasteiger partial charge in [-0.3, -0.25) is 0 Å². The number of halogens is 1. The first-order valence-electron chi connectivity index (χ1n) is 5.82. The summed E-state index contributed by atoms with van der Waals surface area (Å²) in [7, 11) is 0. The summed E-state index contributed by atoms with van der Waals surface area (Å²) in [5, 5.41) is 12.7. The van der Waals surface area contributed by atoms with E-state index < -0.39 is 0 Å². The lowest BCUT2D eigenvalue weighted by atomic mass is 9.88. The molecule has 0 aliphatic heterocycles. The molecule has 0 heterocycles. The molecule has 0 radical (unpaired) electrons. The third-order valence-corrected chi connectivity index (χ3v) is 3.62. The molecule has 2 nitrogen and oxygen atoms in total. The van der Waals surface area contributed by atoms with Crippen molar-refractivity contribution in [2.24, 2.45) is 0 Å². The zero-order valence-corrected chi connectivity index (χ0v) is 11.1. The van der Waals surface area contributed by atoms with Gasteiger partial charge < -0.3 is 10.4 Å². The second-order valence-corrected chi connectivity index (χ2v) is 5.64. The summed E-state index contributed by atoms with van der Waals surface area (Å²) in [4.78, 5) is 0. The topological polar surface area (TPSA) is 32.3 Å². The average Bonchev–Trinajstić information content (AvgIpc) is 2.19. The zero-order valence-electron chi connectivity index (χ0n) is 9.49. The Morgan fingerprint density at radius 3 is 2.56 bits per heavy atom. The van der Waals surface area contributed by atoms with Crippen LogP contribution in [-0.4, -0.2) is 23.3 Å². The predicted molar refractivity (Wildman–Crippen MR) is 69.5 cm³/mol. The highest BCUT2D eigenvalue weighted by molar-refractivity contribution is 9.10. The molecular formula is C13H18BrNO. The lowest BCUT2D eigenvalue weighted by Crippen LogP contribution is -2.48. The van der Waals surface area contributed by atoms with Crippen molar-refractivity contribution in [1.82, 2.24) is 5.32 Å². The minimum atomic E-state index is -0.0719. The Labute approximate surface area is 105 Å². The number of aliphatic hydroxyl groups excluding tert-OH is 1. The fraction of sp³-hybridized carbons (Fsp3) is 0.538. The number of rotatable bonds is 4. The predicted octanol–water partition coefficient (Wildman–Crippen LogP) is 2.49. The Morgan fingerprint density at radius 1 is 1.38 bits per heavy atom. The fourth-order valence-corrected chi connectivity index (χ4v) is 2.42. The van der Waals surface area contributed by atoms with Crippen LogP contribution < -0.4 is 5.32 Å². The van der Waals surface area contributed by atoms with Gasteiger partial charge in [-0.2, -0.15) is 0 Å². The Morgan fingerprint density at radius 2 is 2.00 bits per heavy atom. The van der Waals surface area contributed by atoms with Crippen molar-refractivity contribution in [2.45, 2.75) is 44.4 Å².